The molecule has 0 fully saturated rings. The molecule has 0 aliphatic rings. The fourth-order valence-corrected chi connectivity index (χ4v) is 13.8. The average Bonchev–Trinajstić information content (AvgIpc) is 4.20. The molecule has 0 aliphatic carbocycles. The summed E-state index contributed by atoms with van der Waals surface area (Å²) in [6.45, 7) is 21.3. The Balaban J connectivity index is 1.07. The van der Waals surface area contributed by atoms with E-state index < -0.39 is 0 Å². The highest BCUT2D eigenvalue weighted by Crippen LogP contribution is 2.51. The minimum Gasteiger partial charge on any atom is -0.309 e. The highest BCUT2D eigenvalue weighted by Gasteiger charge is 2.30. The van der Waals surface area contributed by atoms with Crippen LogP contribution < -0.4 is 0 Å². The summed E-state index contributed by atoms with van der Waals surface area (Å²) in [4.78, 5) is 1.34. The van der Waals surface area contributed by atoms with Crippen LogP contribution in [0.25, 0.3) is 135 Å². The van der Waals surface area contributed by atoms with Gasteiger partial charge in [0.05, 0.1) is 38.6 Å². The van der Waals surface area contributed by atoms with Crippen molar-refractivity contribution < 1.29 is 0 Å². The minimum atomic E-state index is -0.0799. The zero-order valence-corrected chi connectivity index (χ0v) is 43.2. The molecule has 3 nitrogen and oxygen atoms in total. The lowest BCUT2D eigenvalue weighted by molar-refractivity contribution is 0.591. The van der Waals surface area contributed by atoms with Gasteiger partial charge in [-0.15, -0.1) is 11.3 Å². The molecular weight excluding hydrogens is 891 g/mol. The van der Waals surface area contributed by atoms with Crippen LogP contribution in [0, 0.1) is 0 Å². The number of para-hydroxylation sites is 1. The third kappa shape index (κ3) is 5.67. The van der Waals surface area contributed by atoms with Gasteiger partial charge in [0.15, 0.2) is 0 Å². The Bertz CT molecular complexity index is 4780. The van der Waals surface area contributed by atoms with Crippen LogP contribution in [0.4, 0.5) is 0 Å². The molecule has 15 aromatic rings. The molecule has 348 valence electrons. The summed E-state index contributed by atoms with van der Waals surface area (Å²) in [6.07, 6.45) is 0. The minimum absolute atomic E-state index is 0.0218. The molecule has 0 radical (unpaired) electrons. The van der Waals surface area contributed by atoms with Gasteiger partial charge in [-0.3, -0.25) is 4.40 Å². The summed E-state index contributed by atoms with van der Waals surface area (Å²) in [5.74, 6) is 0. The summed E-state index contributed by atoms with van der Waals surface area (Å²) in [5, 5.41) is 14.6. The smallest absolute Gasteiger partial charge is 0.109 e. The van der Waals surface area contributed by atoms with E-state index in [-0.39, 0.29) is 16.2 Å². The largest absolute Gasteiger partial charge is 0.309 e. The summed E-state index contributed by atoms with van der Waals surface area (Å²) < 4.78 is 9.08. The maximum Gasteiger partial charge on any atom is 0.109 e. The second-order valence-electron chi connectivity index (χ2n) is 23.8. The summed E-state index contributed by atoms with van der Waals surface area (Å²) in [7, 11) is 0. The number of hydrogen-bond donors (Lipinski definition) is 0. The molecule has 6 aromatic heterocycles. The quantitative estimate of drug-likeness (QED) is 0.168. The van der Waals surface area contributed by atoms with Gasteiger partial charge in [-0.2, -0.15) is 0 Å². The number of thiophene rings is 1. The Morgan fingerprint density at radius 3 is 1.56 bits per heavy atom. The van der Waals surface area contributed by atoms with Crippen LogP contribution in [-0.2, 0) is 16.2 Å². The zero-order valence-electron chi connectivity index (χ0n) is 42.4. The van der Waals surface area contributed by atoms with E-state index in [0.717, 1.165) is 5.69 Å². The second kappa shape index (κ2) is 14.1. The van der Waals surface area contributed by atoms with Crippen LogP contribution in [0.3, 0.4) is 0 Å². The van der Waals surface area contributed by atoms with Gasteiger partial charge in [0, 0.05) is 75.2 Å². The molecule has 0 amide bonds. The molecule has 0 bridgehead atoms. The van der Waals surface area contributed by atoms with E-state index in [0.29, 0.717) is 0 Å². The Hall–Kier alpha value is -7.66. The first-order chi connectivity index (χ1) is 34.6. The molecule has 0 atom stereocenters. The SMILES string of the molecule is CC(C)(C)c1cc(-c2ccc3c(c2)c2ccccc2n3-c2cccc(-c3ccccc3)c2)c2c(c1)c1cc(C(C)(C)C)cc3c4cc5c(cc4n2c31)c1cc(C(C)(C)C)cc2c3c4ccccc4sc3n5c12. The first-order valence-corrected chi connectivity index (χ1v) is 26.5. The number of benzene rings is 9. The highest BCUT2D eigenvalue weighted by atomic mass is 32.1. The van der Waals surface area contributed by atoms with Gasteiger partial charge in [0.2, 0.25) is 0 Å². The first-order valence-electron chi connectivity index (χ1n) is 25.7. The van der Waals surface area contributed by atoms with Gasteiger partial charge in [0.25, 0.3) is 0 Å². The number of hydrogen-bond acceptors (Lipinski definition) is 1. The topological polar surface area (TPSA) is 13.8 Å². The lowest BCUT2D eigenvalue weighted by Gasteiger charge is -2.22. The molecule has 0 spiro atoms. The number of rotatable bonds is 3. The Morgan fingerprint density at radius 2 is 0.861 bits per heavy atom. The van der Waals surface area contributed by atoms with Gasteiger partial charge < -0.3 is 8.97 Å². The van der Waals surface area contributed by atoms with E-state index in [4.69, 9.17) is 0 Å². The van der Waals surface area contributed by atoms with E-state index in [9.17, 15) is 0 Å². The van der Waals surface area contributed by atoms with E-state index in [1.807, 2.05) is 11.3 Å². The number of fused-ring (bicyclic) bond motifs is 17. The molecular formula is C68H55N3S. The van der Waals surface area contributed by atoms with Crippen molar-refractivity contribution in [2.45, 2.75) is 78.6 Å². The van der Waals surface area contributed by atoms with Crippen LogP contribution in [0.1, 0.15) is 79.0 Å². The van der Waals surface area contributed by atoms with Crippen molar-refractivity contribution in [1.29, 1.82) is 0 Å². The summed E-state index contributed by atoms with van der Waals surface area (Å²) >= 11 is 1.93. The van der Waals surface area contributed by atoms with Gasteiger partial charge in [-0.1, -0.05) is 147 Å². The Kier molecular flexibility index (Phi) is 8.21. The fraction of sp³-hybridized carbons (Fsp3) is 0.176. The average molecular weight is 946 g/mol. The van der Waals surface area contributed by atoms with Gasteiger partial charge in [0.1, 0.15) is 4.83 Å². The number of nitrogens with zero attached hydrogens (tertiary/aromatic N) is 3. The van der Waals surface area contributed by atoms with Crippen LogP contribution in [0.15, 0.2) is 170 Å². The van der Waals surface area contributed by atoms with Crippen molar-refractivity contribution in [2.75, 3.05) is 0 Å². The predicted octanol–water partition coefficient (Wildman–Crippen LogP) is 19.5. The molecule has 15 rings (SSSR count). The predicted molar refractivity (Wildman–Crippen MR) is 312 cm³/mol. The number of aromatic nitrogens is 3. The van der Waals surface area contributed by atoms with Crippen LogP contribution in [0.2, 0.25) is 0 Å². The van der Waals surface area contributed by atoms with Crippen molar-refractivity contribution in [3.63, 3.8) is 0 Å². The van der Waals surface area contributed by atoms with E-state index >= 15 is 0 Å². The van der Waals surface area contributed by atoms with Crippen LogP contribution in [-0.4, -0.2) is 13.4 Å². The maximum atomic E-state index is 2.67. The van der Waals surface area contributed by atoms with Crippen molar-refractivity contribution in [3.05, 3.63) is 187 Å². The summed E-state index contributed by atoms with van der Waals surface area (Å²) in [6, 6.07) is 65.1. The maximum absolute atomic E-state index is 2.67. The Labute approximate surface area is 422 Å². The lowest BCUT2D eigenvalue weighted by atomic mass is 9.83. The van der Waals surface area contributed by atoms with E-state index in [1.54, 1.807) is 0 Å². The van der Waals surface area contributed by atoms with Gasteiger partial charge in [-0.25, -0.2) is 0 Å². The van der Waals surface area contributed by atoms with Gasteiger partial charge in [-0.05, 0) is 135 Å². The molecule has 9 aromatic carbocycles. The van der Waals surface area contributed by atoms with Crippen molar-refractivity contribution in [2.24, 2.45) is 0 Å². The zero-order chi connectivity index (χ0) is 48.9. The van der Waals surface area contributed by atoms with Crippen molar-refractivity contribution >= 4 is 119 Å². The molecule has 4 heteroatoms. The van der Waals surface area contributed by atoms with Gasteiger partial charge >= 0.3 is 0 Å². The molecule has 0 aliphatic heterocycles. The fourth-order valence-electron chi connectivity index (χ4n) is 12.5. The Morgan fingerprint density at radius 1 is 0.333 bits per heavy atom. The van der Waals surface area contributed by atoms with Crippen molar-refractivity contribution in [1.82, 2.24) is 13.4 Å². The first kappa shape index (κ1) is 42.1. The third-order valence-electron chi connectivity index (χ3n) is 16.3. The summed E-state index contributed by atoms with van der Waals surface area (Å²) in [5.41, 5.74) is 18.9. The second-order valence-corrected chi connectivity index (χ2v) is 24.9. The van der Waals surface area contributed by atoms with E-state index in [2.05, 4.69) is 246 Å². The normalized spacial score (nSPS) is 13.3. The molecule has 0 N–H and O–H groups in total. The van der Waals surface area contributed by atoms with Crippen molar-refractivity contribution in [3.8, 4) is 27.9 Å². The highest BCUT2D eigenvalue weighted by molar-refractivity contribution is 7.25. The third-order valence-corrected chi connectivity index (χ3v) is 17.5. The molecule has 0 saturated carbocycles. The molecule has 0 unspecified atom stereocenters. The monoisotopic (exact) mass is 945 g/mol. The van der Waals surface area contributed by atoms with Crippen LogP contribution in [0.5, 0.6) is 0 Å². The molecule has 6 heterocycles. The molecule has 0 saturated heterocycles. The standard InChI is InChI=1S/C68H55N3S/c1-66(2,3)41-30-47(40-26-27-57-48(29-40)45-22-13-15-24-56(45)69(57)44-21-17-20-39(28-44)38-18-11-10-12-19-38)62-53(33-41)54-34-42(67(4,5)6)31-51-49-37-59-50(36-58(49)70(62)63(51)54)52-32-43(68(7,8)9)35-55-61-46-23-14-16-25-60(46)72-65(61)71(59)64(52)55/h10-37H,1-9H3. The molecule has 72 heavy (non-hydrogen) atoms. The van der Waals surface area contributed by atoms with E-state index in [1.165, 1.54) is 146 Å². The van der Waals surface area contributed by atoms with Crippen LogP contribution >= 0.6 is 11.3 Å². The lowest BCUT2D eigenvalue weighted by Crippen LogP contribution is -2.11.